The Balaban J connectivity index is 1.36. The molecule has 0 saturated carbocycles. The molecule has 0 bridgehead atoms. The van der Waals surface area contributed by atoms with Gasteiger partial charge in [0.1, 0.15) is 0 Å². The molecule has 6 heteroatoms. The molecule has 0 radical (unpaired) electrons. The molecule has 1 N–H and O–H groups in total. The zero-order valence-corrected chi connectivity index (χ0v) is 16.3. The number of nitrogens with zero attached hydrogens (tertiary/aromatic N) is 1. The van der Waals surface area contributed by atoms with Crippen molar-refractivity contribution in [3.63, 3.8) is 0 Å². The number of rotatable bonds is 8. The minimum Gasteiger partial charge on any atom is -0.459 e. The summed E-state index contributed by atoms with van der Waals surface area (Å²) in [4.78, 5) is 26.6. The second-order valence-corrected chi connectivity index (χ2v) is 7.14. The average Bonchev–Trinajstić information content (AvgIpc) is 3.28. The first kappa shape index (κ1) is 20.1. The zero-order valence-electron chi connectivity index (χ0n) is 16.3. The quantitative estimate of drug-likeness (QED) is 0.708. The van der Waals surface area contributed by atoms with Gasteiger partial charge in [0.2, 0.25) is 5.91 Å². The third-order valence-electron chi connectivity index (χ3n) is 5.07. The van der Waals surface area contributed by atoms with E-state index < -0.39 is 0 Å². The van der Waals surface area contributed by atoms with Crippen LogP contribution >= 0.6 is 0 Å². The van der Waals surface area contributed by atoms with Crippen LogP contribution in [-0.4, -0.2) is 43.0 Å². The van der Waals surface area contributed by atoms with E-state index in [1.807, 2.05) is 37.3 Å². The summed E-state index contributed by atoms with van der Waals surface area (Å²) < 4.78 is 11.0. The van der Waals surface area contributed by atoms with E-state index in [2.05, 4.69) is 5.32 Å². The minimum absolute atomic E-state index is 0.00746. The number of carbonyl (C=O) groups is 2. The predicted molar refractivity (Wildman–Crippen MR) is 106 cm³/mol. The lowest BCUT2D eigenvalue weighted by Gasteiger charge is -2.31. The van der Waals surface area contributed by atoms with Crippen molar-refractivity contribution in [2.24, 2.45) is 5.92 Å². The topological polar surface area (TPSA) is 71.8 Å². The smallest absolute Gasteiger partial charge is 0.289 e. The summed E-state index contributed by atoms with van der Waals surface area (Å²) in [6.45, 7) is 4.29. The molecule has 3 rings (SSSR count). The third-order valence-corrected chi connectivity index (χ3v) is 5.07. The zero-order chi connectivity index (χ0) is 19.8. The number of piperidine rings is 1. The van der Waals surface area contributed by atoms with Crippen LogP contribution in [0.25, 0.3) is 0 Å². The molecule has 2 amide bonds. The Morgan fingerprint density at radius 1 is 1.25 bits per heavy atom. The fourth-order valence-corrected chi connectivity index (χ4v) is 3.44. The highest BCUT2D eigenvalue weighted by Crippen LogP contribution is 2.19. The van der Waals surface area contributed by atoms with Crippen molar-refractivity contribution < 1.29 is 18.7 Å². The van der Waals surface area contributed by atoms with E-state index in [4.69, 9.17) is 9.15 Å². The van der Waals surface area contributed by atoms with Gasteiger partial charge in [-0.15, -0.1) is 0 Å². The number of hydrogen-bond acceptors (Lipinski definition) is 4. The molecule has 1 aliphatic rings. The van der Waals surface area contributed by atoms with Crippen LogP contribution in [0.15, 0.2) is 53.1 Å². The molecule has 2 aromatic rings. The van der Waals surface area contributed by atoms with Gasteiger partial charge in [0, 0.05) is 26.2 Å². The van der Waals surface area contributed by atoms with Crippen LogP contribution in [0.5, 0.6) is 0 Å². The number of furan rings is 1. The monoisotopic (exact) mass is 384 g/mol. The van der Waals surface area contributed by atoms with E-state index >= 15 is 0 Å². The summed E-state index contributed by atoms with van der Waals surface area (Å²) in [6, 6.07) is 13.4. The van der Waals surface area contributed by atoms with Crippen molar-refractivity contribution in [2.75, 3.05) is 26.2 Å². The van der Waals surface area contributed by atoms with Crippen LogP contribution in [-0.2, 0) is 9.53 Å². The molecule has 28 heavy (non-hydrogen) atoms. The highest BCUT2D eigenvalue weighted by Gasteiger charge is 2.29. The molecule has 0 unspecified atom stereocenters. The van der Waals surface area contributed by atoms with Crippen LogP contribution < -0.4 is 5.32 Å². The van der Waals surface area contributed by atoms with Gasteiger partial charge < -0.3 is 19.4 Å². The van der Waals surface area contributed by atoms with Gasteiger partial charge in [-0.25, -0.2) is 0 Å². The summed E-state index contributed by atoms with van der Waals surface area (Å²) in [5.41, 5.74) is 1.15. The van der Waals surface area contributed by atoms with Crippen molar-refractivity contribution in [2.45, 2.75) is 32.3 Å². The number of hydrogen-bond donors (Lipinski definition) is 1. The summed E-state index contributed by atoms with van der Waals surface area (Å²) >= 11 is 0. The molecule has 1 aromatic carbocycles. The molecule has 6 nitrogen and oxygen atoms in total. The lowest BCUT2D eigenvalue weighted by Crippen LogP contribution is -2.45. The fraction of sp³-hybridized carbons (Fsp3) is 0.455. The van der Waals surface area contributed by atoms with E-state index in [0.717, 1.165) is 24.8 Å². The van der Waals surface area contributed by atoms with Crippen LogP contribution in [0.4, 0.5) is 0 Å². The Morgan fingerprint density at radius 3 is 2.82 bits per heavy atom. The van der Waals surface area contributed by atoms with E-state index in [9.17, 15) is 9.59 Å². The van der Waals surface area contributed by atoms with Gasteiger partial charge in [-0.3, -0.25) is 9.59 Å². The lowest BCUT2D eigenvalue weighted by atomic mass is 9.97. The predicted octanol–water partition coefficient (Wildman–Crippen LogP) is 3.42. The molecule has 150 valence electrons. The Kier molecular flexibility index (Phi) is 7.25. The molecule has 0 aliphatic carbocycles. The second kappa shape index (κ2) is 10.1. The number of ether oxygens (including phenoxy) is 1. The highest BCUT2D eigenvalue weighted by atomic mass is 16.5. The maximum Gasteiger partial charge on any atom is 0.289 e. The second-order valence-electron chi connectivity index (χ2n) is 7.14. The highest BCUT2D eigenvalue weighted by molar-refractivity contribution is 5.92. The summed E-state index contributed by atoms with van der Waals surface area (Å²) in [5.74, 6) is 0.0152. The number of carbonyl (C=O) groups excluding carboxylic acids is 2. The normalized spacial score (nSPS) is 17.9. The fourth-order valence-electron chi connectivity index (χ4n) is 3.44. The van der Waals surface area contributed by atoms with Gasteiger partial charge in [0.15, 0.2) is 5.76 Å². The molecule has 2 heterocycles. The van der Waals surface area contributed by atoms with Crippen LogP contribution in [0.1, 0.15) is 48.4 Å². The Bertz CT molecular complexity index is 745. The summed E-state index contributed by atoms with van der Waals surface area (Å²) in [7, 11) is 0. The first-order valence-corrected chi connectivity index (χ1v) is 9.92. The van der Waals surface area contributed by atoms with Gasteiger partial charge in [-0.2, -0.15) is 0 Å². The van der Waals surface area contributed by atoms with Gasteiger partial charge >= 0.3 is 0 Å². The van der Waals surface area contributed by atoms with Crippen LogP contribution in [0, 0.1) is 5.92 Å². The number of benzene rings is 1. The van der Waals surface area contributed by atoms with Crippen molar-refractivity contribution >= 4 is 11.8 Å². The maximum atomic E-state index is 12.5. The Labute approximate surface area is 165 Å². The number of amides is 2. The summed E-state index contributed by atoms with van der Waals surface area (Å²) in [5, 5.41) is 2.98. The third kappa shape index (κ3) is 5.45. The summed E-state index contributed by atoms with van der Waals surface area (Å²) in [6.07, 6.45) is 3.90. The van der Waals surface area contributed by atoms with Gasteiger partial charge in [-0.1, -0.05) is 30.3 Å². The molecule has 2 atom stereocenters. The number of likely N-dealkylation sites (tertiary alicyclic amines) is 1. The average molecular weight is 384 g/mol. The van der Waals surface area contributed by atoms with Crippen molar-refractivity contribution in [3.8, 4) is 0 Å². The van der Waals surface area contributed by atoms with E-state index in [-0.39, 0.29) is 23.8 Å². The van der Waals surface area contributed by atoms with Gasteiger partial charge in [0.05, 0.1) is 18.3 Å². The molecule has 0 spiro atoms. The Hall–Kier alpha value is -2.60. The first-order chi connectivity index (χ1) is 13.6. The van der Waals surface area contributed by atoms with E-state index in [0.29, 0.717) is 32.0 Å². The maximum absolute atomic E-state index is 12.5. The molecule has 1 saturated heterocycles. The standard InChI is InChI=1S/C22H28N2O4/c1-17(18-8-3-2-4-9-18)27-15-7-12-23-21(25)19-10-5-13-24(16-19)22(26)20-11-6-14-28-20/h2-4,6,8-9,11,14,17,19H,5,7,10,12-13,15-16H2,1H3,(H,23,25)/t17-,19-/m1/s1. The first-order valence-electron chi connectivity index (χ1n) is 9.92. The van der Waals surface area contributed by atoms with Crippen molar-refractivity contribution in [3.05, 3.63) is 60.1 Å². The SMILES string of the molecule is C[C@@H](OCCCNC(=O)[C@@H]1CCCN(C(=O)c2ccco2)C1)c1ccccc1. The Morgan fingerprint density at radius 2 is 2.07 bits per heavy atom. The molecule has 1 aromatic heterocycles. The van der Waals surface area contributed by atoms with E-state index in [1.54, 1.807) is 17.0 Å². The van der Waals surface area contributed by atoms with E-state index in [1.165, 1.54) is 6.26 Å². The van der Waals surface area contributed by atoms with Crippen molar-refractivity contribution in [1.82, 2.24) is 10.2 Å². The molecule has 1 aliphatic heterocycles. The number of nitrogens with one attached hydrogen (secondary N) is 1. The molecular formula is C22H28N2O4. The van der Waals surface area contributed by atoms with Crippen molar-refractivity contribution in [1.29, 1.82) is 0 Å². The van der Waals surface area contributed by atoms with Gasteiger partial charge in [0.25, 0.3) is 5.91 Å². The van der Waals surface area contributed by atoms with Crippen LogP contribution in [0.2, 0.25) is 0 Å². The lowest BCUT2D eigenvalue weighted by molar-refractivity contribution is -0.126. The largest absolute Gasteiger partial charge is 0.459 e. The van der Waals surface area contributed by atoms with Crippen LogP contribution in [0.3, 0.4) is 0 Å². The minimum atomic E-state index is -0.170. The molecular weight excluding hydrogens is 356 g/mol. The molecule has 1 fully saturated rings. The van der Waals surface area contributed by atoms with Gasteiger partial charge in [-0.05, 0) is 43.9 Å².